The minimum absolute atomic E-state index is 0.0551. The predicted octanol–water partition coefficient (Wildman–Crippen LogP) is 1.72. The number of hydrogen-bond acceptors (Lipinski definition) is 3. The summed E-state index contributed by atoms with van der Waals surface area (Å²) in [6, 6.07) is 7.04. The molecule has 0 radical (unpaired) electrons. The molecule has 1 aromatic carbocycles. The maximum Gasteiger partial charge on any atom is 0.248 e. The van der Waals surface area contributed by atoms with Crippen LogP contribution in [0.15, 0.2) is 24.3 Å². The van der Waals surface area contributed by atoms with Crippen molar-refractivity contribution < 1.29 is 9.59 Å². The third-order valence-electron chi connectivity index (χ3n) is 3.26. The van der Waals surface area contributed by atoms with Crippen LogP contribution >= 0.6 is 11.6 Å². The van der Waals surface area contributed by atoms with E-state index in [1.54, 1.807) is 34.1 Å². The van der Waals surface area contributed by atoms with Crippen molar-refractivity contribution in [2.24, 2.45) is 5.92 Å². The Morgan fingerprint density at radius 1 is 1.33 bits per heavy atom. The summed E-state index contributed by atoms with van der Waals surface area (Å²) in [5.74, 6) is 0.360. The van der Waals surface area contributed by atoms with Gasteiger partial charge in [0.1, 0.15) is 13.2 Å². The molecule has 21 heavy (non-hydrogen) atoms. The Morgan fingerprint density at radius 3 is 2.62 bits per heavy atom. The van der Waals surface area contributed by atoms with Crippen molar-refractivity contribution in [2.45, 2.75) is 13.8 Å². The fourth-order valence-corrected chi connectivity index (χ4v) is 2.27. The third-order valence-corrected chi connectivity index (χ3v) is 3.51. The Labute approximate surface area is 129 Å². The van der Waals surface area contributed by atoms with Crippen LogP contribution in [0, 0.1) is 5.92 Å². The SMILES string of the molecule is CC(C)CNCC(=O)N1CC(=O)N(c2ccc(Cl)cc2)C1. The number of rotatable bonds is 5. The molecule has 2 amide bonds. The largest absolute Gasteiger partial charge is 0.314 e. The lowest BCUT2D eigenvalue weighted by Gasteiger charge is -2.18. The Morgan fingerprint density at radius 2 is 2.00 bits per heavy atom. The Balaban J connectivity index is 1.93. The Hall–Kier alpha value is -1.59. The first kappa shape index (κ1) is 15.8. The lowest BCUT2D eigenvalue weighted by molar-refractivity contribution is -0.130. The highest BCUT2D eigenvalue weighted by Crippen LogP contribution is 2.21. The summed E-state index contributed by atoms with van der Waals surface area (Å²) >= 11 is 5.84. The molecule has 0 aromatic heterocycles. The van der Waals surface area contributed by atoms with Gasteiger partial charge in [-0.3, -0.25) is 14.5 Å². The number of benzene rings is 1. The number of hydrogen-bond donors (Lipinski definition) is 1. The molecule has 5 nitrogen and oxygen atoms in total. The number of amides is 2. The van der Waals surface area contributed by atoms with E-state index in [-0.39, 0.29) is 24.9 Å². The molecule has 0 atom stereocenters. The van der Waals surface area contributed by atoms with Gasteiger partial charge in [-0.05, 0) is 36.7 Å². The van der Waals surface area contributed by atoms with Crippen LogP contribution in [0.5, 0.6) is 0 Å². The van der Waals surface area contributed by atoms with E-state index >= 15 is 0 Å². The molecule has 0 saturated carbocycles. The molecule has 0 spiro atoms. The number of nitrogens with zero attached hydrogens (tertiary/aromatic N) is 2. The lowest BCUT2D eigenvalue weighted by atomic mass is 10.2. The molecule has 1 fully saturated rings. The van der Waals surface area contributed by atoms with Crippen molar-refractivity contribution in [3.63, 3.8) is 0 Å². The zero-order chi connectivity index (χ0) is 15.4. The minimum atomic E-state index is -0.0745. The van der Waals surface area contributed by atoms with Crippen LogP contribution in [0.1, 0.15) is 13.8 Å². The quantitative estimate of drug-likeness (QED) is 0.901. The summed E-state index contributed by atoms with van der Waals surface area (Å²) in [7, 11) is 0. The van der Waals surface area contributed by atoms with E-state index in [1.165, 1.54) is 0 Å². The van der Waals surface area contributed by atoms with Crippen molar-refractivity contribution in [3.8, 4) is 0 Å². The highest BCUT2D eigenvalue weighted by Gasteiger charge is 2.31. The number of carbonyl (C=O) groups is 2. The van der Waals surface area contributed by atoms with Gasteiger partial charge in [-0.1, -0.05) is 25.4 Å². The van der Waals surface area contributed by atoms with Crippen LogP contribution in [0.25, 0.3) is 0 Å². The van der Waals surface area contributed by atoms with Gasteiger partial charge in [0.25, 0.3) is 0 Å². The summed E-state index contributed by atoms with van der Waals surface area (Å²) in [4.78, 5) is 27.3. The van der Waals surface area contributed by atoms with Gasteiger partial charge < -0.3 is 10.2 Å². The standard InChI is InChI=1S/C15H20ClN3O2/c1-11(2)7-17-8-14(20)18-9-15(21)19(10-18)13-5-3-12(16)4-6-13/h3-6,11,17H,7-10H2,1-2H3. The van der Waals surface area contributed by atoms with E-state index < -0.39 is 0 Å². The molecule has 1 aromatic rings. The minimum Gasteiger partial charge on any atom is -0.314 e. The summed E-state index contributed by atoms with van der Waals surface area (Å²) in [5, 5.41) is 3.72. The van der Waals surface area contributed by atoms with Gasteiger partial charge >= 0.3 is 0 Å². The second kappa shape index (κ2) is 6.91. The molecule has 1 heterocycles. The van der Waals surface area contributed by atoms with E-state index in [4.69, 9.17) is 11.6 Å². The molecular weight excluding hydrogens is 290 g/mol. The van der Waals surface area contributed by atoms with Crippen molar-refractivity contribution in [1.82, 2.24) is 10.2 Å². The fraction of sp³-hybridized carbons (Fsp3) is 0.467. The maximum atomic E-state index is 12.1. The molecule has 6 heteroatoms. The van der Waals surface area contributed by atoms with Gasteiger partial charge in [0.05, 0.1) is 6.54 Å². The molecular formula is C15H20ClN3O2. The normalized spacial score (nSPS) is 15.1. The van der Waals surface area contributed by atoms with Gasteiger partial charge in [0.15, 0.2) is 0 Å². The number of anilines is 1. The van der Waals surface area contributed by atoms with E-state index in [9.17, 15) is 9.59 Å². The molecule has 1 N–H and O–H groups in total. The topological polar surface area (TPSA) is 52.7 Å². The van der Waals surface area contributed by atoms with Gasteiger partial charge in [-0.25, -0.2) is 0 Å². The average molecular weight is 310 g/mol. The van der Waals surface area contributed by atoms with E-state index in [2.05, 4.69) is 19.2 Å². The predicted molar refractivity (Wildman–Crippen MR) is 83.2 cm³/mol. The fourth-order valence-electron chi connectivity index (χ4n) is 2.14. The summed E-state index contributed by atoms with van der Waals surface area (Å²) in [6.07, 6.45) is 0. The van der Waals surface area contributed by atoms with Gasteiger partial charge in [-0.15, -0.1) is 0 Å². The molecule has 1 saturated heterocycles. The molecule has 1 aliphatic rings. The van der Waals surface area contributed by atoms with Crippen LogP contribution in [0.3, 0.4) is 0 Å². The van der Waals surface area contributed by atoms with Crippen molar-refractivity contribution in [3.05, 3.63) is 29.3 Å². The lowest BCUT2D eigenvalue weighted by Crippen LogP contribution is -2.38. The zero-order valence-electron chi connectivity index (χ0n) is 12.3. The first-order valence-electron chi connectivity index (χ1n) is 7.02. The Kier molecular flexibility index (Phi) is 5.20. The zero-order valence-corrected chi connectivity index (χ0v) is 13.1. The first-order chi connectivity index (χ1) is 9.97. The summed E-state index contributed by atoms with van der Waals surface area (Å²) < 4.78 is 0. The maximum absolute atomic E-state index is 12.1. The molecule has 0 aliphatic carbocycles. The van der Waals surface area contributed by atoms with E-state index in [1.807, 2.05) is 0 Å². The Bertz CT molecular complexity index is 516. The molecule has 2 rings (SSSR count). The smallest absolute Gasteiger partial charge is 0.248 e. The molecule has 0 unspecified atom stereocenters. The molecule has 1 aliphatic heterocycles. The van der Waals surface area contributed by atoms with Crippen molar-refractivity contribution in [1.29, 1.82) is 0 Å². The molecule has 114 valence electrons. The van der Waals surface area contributed by atoms with Gasteiger partial charge in [0.2, 0.25) is 11.8 Å². The van der Waals surface area contributed by atoms with Crippen LogP contribution in [-0.2, 0) is 9.59 Å². The monoisotopic (exact) mass is 309 g/mol. The first-order valence-corrected chi connectivity index (χ1v) is 7.39. The van der Waals surface area contributed by atoms with Crippen LogP contribution in [-0.4, -0.2) is 43.0 Å². The average Bonchev–Trinajstić information content (AvgIpc) is 2.81. The van der Waals surface area contributed by atoms with Gasteiger partial charge in [0, 0.05) is 10.7 Å². The van der Waals surface area contributed by atoms with E-state index in [0.717, 1.165) is 12.2 Å². The molecule has 0 bridgehead atoms. The highest BCUT2D eigenvalue weighted by atomic mass is 35.5. The summed E-state index contributed by atoms with van der Waals surface area (Å²) in [5.41, 5.74) is 0.759. The van der Waals surface area contributed by atoms with Crippen molar-refractivity contribution in [2.75, 3.05) is 31.2 Å². The van der Waals surface area contributed by atoms with Crippen molar-refractivity contribution >= 4 is 29.1 Å². The number of nitrogens with one attached hydrogen (secondary N) is 1. The highest BCUT2D eigenvalue weighted by molar-refractivity contribution is 6.30. The summed E-state index contributed by atoms with van der Waals surface area (Å²) in [6.45, 7) is 5.64. The number of halogens is 1. The third kappa shape index (κ3) is 4.19. The second-order valence-corrected chi connectivity index (χ2v) is 5.99. The van der Waals surface area contributed by atoms with Crippen LogP contribution in [0.4, 0.5) is 5.69 Å². The number of carbonyl (C=O) groups excluding carboxylic acids is 2. The van der Waals surface area contributed by atoms with Crippen LogP contribution < -0.4 is 10.2 Å². The van der Waals surface area contributed by atoms with Crippen LogP contribution in [0.2, 0.25) is 5.02 Å². The second-order valence-electron chi connectivity index (χ2n) is 5.56. The van der Waals surface area contributed by atoms with Gasteiger partial charge in [-0.2, -0.15) is 0 Å². The van der Waals surface area contributed by atoms with E-state index in [0.29, 0.717) is 17.6 Å².